The normalized spacial score (nSPS) is 17.0. The highest BCUT2D eigenvalue weighted by molar-refractivity contribution is 7.13. The molecule has 0 aliphatic carbocycles. The number of alkyl halides is 1. The van der Waals surface area contributed by atoms with Gasteiger partial charge in [0.2, 0.25) is 5.88 Å². The molecule has 9 heteroatoms. The molecule has 1 aliphatic rings. The van der Waals surface area contributed by atoms with E-state index in [2.05, 4.69) is 21.9 Å². The van der Waals surface area contributed by atoms with E-state index < -0.39 is 6.67 Å². The fourth-order valence-corrected chi connectivity index (χ4v) is 3.47. The number of thiazole rings is 1. The minimum Gasteiger partial charge on any atom is -0.475 e. The Balaban J connectivity index is 1.71. The van der Waals surface area contributed by atoms with Crippen LogP contribution in [0.15, 0.2) is 47.8 Å². The summed E-state index contributed by atoms with van der Waals surface area (Å²) in [6.45, 7) is 5.47. The summed E-state index contributed by atoms with van der Waals surface area (Å²) in [5.74, 6) is 0.385. The molecule has 2 aromatic heterocycles. The zero-order valence-electron chi connectivity index (χ0n) is 16.3. The van der Waals surface area contributed by atoms with Crippen molar-refractivity contribution in [1.82, 2.24) is 15.0 Å². The van der Waals surface area contributed by atoms with Crippen molar-refractivity contribution in [3.63, 3.8) is 0 Å². The van der Waals surface area contributed by atoms with Crippen molar-refractivity contribution < 1.29 is 13.9 Å². The highest BCUT2D eigenvalue weighted by Gasteiger charge is 2.21. The van der Waals surface area contributed by atoms with E-state index in [1.807, 2.05) is 17.3 Å². The standard InChI is InChI=1S/C20H26FN5O2S/c1-2-17(16-6-7-18(24-13-16)27-12-8-21)25-26(20-5-3-4-11-28-20)10-9-23-19-14-22-15-29-19/h2,6-7,13-15,20,23H,1,3-5,8-12H2/b25-17+. The highest BCUT2D eigenvalue weighted by Crippen LogP contribution is 2.19. The lowest BCUT2D eigenvalue weighted by molar-refractivity contribution is -0.0836. The van der Waals surface area contributed by atoms with Crippen molar-refractivity contribution in [2.75, 3.05) is 38.3 Å². The average Bonchev–Trinajstić information content (AvgIpc) is 3.29. The number of ether oxygens (including phenoxy) is 2. The van der Waals surface area contributed by atoms with Crippen LogP contribution in [0.2, 0.25) is 0 Å². The largest absolute Gasteiger partial charge is 0.475 e. The van der Waals surface area contributed by atoms with Gasteiger partial charge in [-0.25, -0.2) is 9.37 Å². The van der Waals surface area contributed by atoms with Gasteiger partial charge >= 0.3 is 0 Å². The lowest BCUT2D eigenvalue weighted by Crippen LogP contribution is -2.39. The molecule has 1 saturated heterocycles. The van der Waals surface area contributed by atoms with Gasteiger partial charge in [0, 0.05) is 31.0 Å². The van der Waals surface area contributed by atoms with Crippen LogP contribution in [0.4, 0.5) is 9.39 Å². The minimum atomic E-state index is -0.547. The number of hydrazone groups is 1. The minimum absolute atomic E-state index is 0.00565. The number of hydrogen-bond donors (Lipinski definition) is 1. The SMILES string of the molecule is C=C/C(=N\N(CCNc1cncs1)C1CCCCO1)c1ccc(OCCF)nc1. The molecule has 1 aliphatic heterocycles. The van der Waals surface area contributed by atoms with Gasteiger partial charge in [-0.15, -0.1) is 11.3 Å². The Labute approximate surface area is 174 Å². The number of halogens is 1. The third-order valence-corrected chi connectivity index (χ3v) is 5.08. The Morgan fingerprint density at radius 1 is 1.45 bits per heavy atom. The van der Waals surface area contributed by atoms with Crippen LogP contribution in [-0.2, 0) is 4.74 Å². The monoisotopic (exact) mass is 419 g/mol. The second-order valence-corrected chi connectivity index (χ2v) is 7.28. The van der Waals surface area contributed by atoms with Gasteiger partial charge in [0.15, 0.2) is 0 Å². The van der Waals surface area contributed by atoms with Crippen molar-refractivity contribution in [3.8, 4) is 5.88 Å². The van der Waals surface area contributed by atoms with Gasteiger partial charge in [-0.1, -0.05) is 6.58 Å². The smallest absolute Gasteiger partial charge is 0.213 e. The summed E-state index contributed by atoms with van der Waals surface area (Å²) in [7, 11) is 0. The van der Waals surface area contributed by atoms with E-state index in [0.29, 0.717) is 24.7 Å². The molecule has 29 heavy (non-hydrogen) atoms. The molecule has 0 bridgehead atoms. The topological polar surface area (TPSA) is 71.9 Å². The summed E-state index contributed by atoms with van der Waals surface area (Å²) in [5, 5.41) is 11.2. The third-order valence-electron chi connectivity index (χ3n) is 4.35. The predicted molar refractivity (Wildman–Crippen MR) is 113 cm³/mol. The molecule has 3 heterocycles. The maximum Gasteiger partial charge on any atom is 0.213 e. The Morgan fingerprint density at radius 3 is 3.03 bits per heavy atom. The summed E-state index contributed by atoms with van der Waals surface area (Å²) in [6, 6.07) is 3.55. The molecule has 1 fully saturated rings. The third kappa shape index (κ3) is 6.50. The van der Waals surface area contributed by atoms with Crippen molar-refractivity contribution in [3.05, 3.63) is 48.3 Å². The van der Waals surface area contributed by atoms with Crippen molar-refractivity contribution >= 4 is 22.0 Å². The predicted octanol–water partition coefficient (Wildman–Crippen LogP) is 3.72. The molecule has 1 atom stereocenters. The first-order chi connectivity index (χ1) is 14.3. The first-order valence-corrected chi connectivity index (χ1v) is 10.5. The van der Waals surface area contributed by atoms with Gasteiger partial charge in [0.05, 0.1) is 24.0 Å². The van der Waals surface area contributed by atoms with Crippen LogP contribution < -0.4 is 10.1 Å². The average molecular weight is 420 g/mol. The van der Waals surface area contributed by atoms with Crippen LogP contribution in [-0.4, -0.2) is 59.9 Å². The molecular weight excluding hydrogens is 393 g/mol. The number of anilines is 1. The van der Waals surface area contributed by atoms with Gasteiger partial charge in [0.1, 0.15) is 24.5 Å². The van der Waals surface area contributed by atoms with Gasteiger partial charge in [0.25, 0.3) is 0 Å². The van der Waals surface area contributed by atoms with E-state index in [1.54, 1.807) is 35.2 Å². The Bertz CT molecular complexity index is 764. The van der Waals surface area contributed by atoms with Gasteiger partial charge in [-0.3, -0.25) is 9.99 Å². The summed E-state index contributed by atoms with van der Waals surface area (Å²) in [5.41, 5.74) is 3.30. The zero-order chi connectivity index (χ0) is 20.3. The number of rotatable bonds is 11. The molecule has 156 valence electrons. The second kappa shape index (κ2) is 11.5. The molecule has 1 unspecified atom stereocenters. The number of aromatic nitrogens is 2. The van der Waals surface area contributed by atoms with E-state index in [-0.39, 0.29) is 12.8 Å². The summed E-state index contributed by atoms with van der Waals surface area (Å²) in [4.78, 5) is 8.29. The van der Waals surface area contributed by atoms with Crippen LogP contribution in [0, 0.1) is 0 Å². The van der Waals surface area contributed by atoms with Gasteiger partial charge in [-0.2, -0.15) is 5.10 Å². The number of pyridine rings is 1. The van der Waals surface area contributed by atoms with Gasteiger partial charge < -0.3 is 14.8 Å². The van der Waals surface area contributed by atoms with Crippen LogP contribution in [0.1, 0.15) is 24.8 Å². The first-order valence-electron chi connectivity index (χ1n) is 9.67. The Hall–Kier alpha value is -2.52. The summed E-state index contributed by atoms with van der Waals surface area (Å²) in [6.07, 6.45) is 8.22. The lowest BCUT2D eigenvalue weighted by atomic mass is 10.1. The maximum absolute atomic E-state index is 12.2. The number of nitrogens with one attached hydrogen (secondary N) is 1. The maximum atomic E-state index is 12.2. The number of nitrogens with zero attached hydrogens (tertiary/aromatic N) is 4. The molecule has 0 amide bonds. The molecule has 3 rings (SSSR count). The van der Waals surface area contributed by atoms with Crippen molar-refractivity contribution in [2.45, 2.75) is 25.5 Å². The lowest BCUT2D eigenvalue weighted by Gasteiger charge is -2.32. The fourth-order valence-electron chi connectivity index (χ4n) is 2.93. The Kier molecular flexibility index (Phi) is 8.39. The molecule has 7 nitrogen and oxygen atoms in total. The molecule has 0 radical (unpaired) electrons. The van der Waals surface area contributed by atoms with Crippen LogP contribution in [0.25, 0.3) is 0 Å². The van der Waals surface area contributed by atoms with E-state index >= 15 is 0 Å². The number of hydrogen-bond acceptors (Lipinski definition) is 8. The zero-order valence-corrected chi connectivity index (χ0v) is 17.1. The quantitative estimate of drug-likeness (QED) is 0.442. The van der Waals surface area contributed by atoms with Crippen LogP contribution in [0.3, 0.4) is 0 Å². The number of allylic oxidation sites excluding steroid dienone is 1. The van der Waals surface area contributed by atoms with E-state index in [4.69, 9.17) is 14.6 Å². The molecule has 0 saturated carbocycles. The molecule has 2 aromatic rings. The second-order valence-electron chi connectivity index (χ2n) is 6.39. The first kappa shape index (κ1) is 21.2. The summed E-state index contributed by atoms with van der Waals surface area (Å²) < 4.78 is 23.4. The molecule has 0 aromatic carbocycles. The molecular formula is C20H26FN5O2S. The fraction of sp³-hybridized carbons (Fsp3) is 0.450. The molecule has 0 spiro atoms. The molecule has 1 N–H and O–H groups in total. The van der Waals surface area contributed by atoms with Crippen molar-refractivity contribution in [2.24, 2.45) is 5.10 Å². The Morgan fingerprint density at radius 2 is 2.38 bits per heavy atom. The van der Waals surface area contributed by atoms with Crippen LogP contribution in [0.5, 0.6) is 5.88 Å². The summed E-state index contributed by atoms with van der Waals surface area (Å²) >= 11 is 1.56. The van der Waals surface area contributed by atoms with Crippen molar-refractivity contribution in [1.29, 1.82) is 0 Å². The highest BCUT2D eigenvalue weighted by atomic mass is 32.1. The van der Waals surface area contributed by atoms with E-state index in [9.17, 15) is 4.39 Å². The van der Waals surface area contributed by atoms with Crippen LogP contribution >= 0.6 is 11.3 Å². The van der Waals surface area contributed by atoms with Gasteiger partial charge in [-0.05, 0) is 31.4 Å². The van der Waals surface area contributed by atoms with E-state index in [1.165, 1.54) is 0 Å². The van der Waals surface area contributed by atoms with E-state index in [0.717, 1.165) is 36.4 Å².